The third-order valence-electron chi connectivity index (χ3n) is 4.17. The number of anilines is 1. The van der Waals surface area contributed by atoms with Gasteiger partial charge in [0.15, 0.2) is 0 Å². The second-order valence-corrected chi connectivity index (χ2v) is 7.62. The van der Waals surface area contributed by atoms with Crippen molar-refractivity contribution < 1.29 is 8.42 Å². The van der Waals surface area contributed by atoms with Gasteiger partial charge in [0.1, 0.15) is 4.90 Å². The molecule has 4 nitrogen and oxygen atoms in total. The number of hydrogen-bond donors (Lipinski definition) is 1. The SMILES string of the molecule is Cc1ccc2c(NS(=O)(=O)c3cccc4cccnc34)cccc2c1. The van der Waals surface area contributed by atoms with Crippen molar-refractivity contribution in [3.63, 3.8) is 0 Å². The van der Waals surface area contributed by atoms with Crippen LogP contribution in [0.1, 0.15) is 5.56 Å². The molecule has 0 atom stereocenters. The molecule has 1 N–H and O–H groups in total. The zero-order valence-electron chi connectivity index (χ0n) is 13.6. The van der Waals surface area contributed by atoms with Crippen molar-refractivity contribution in [1.29, 1.82) is 0 Å². The van der Waals surface area contributed by atoms with Gasteiger partial charge in [0.25, 0.3) is 10.0 Å². The molecule has 0 bridgehead atoms. The zero-order valence-corrected chi connectivity index (χ0v) is 14.4. The smallest absolute Gasteiger partial charge is 0.264 e. The van der Waals surface area contributed by atoms with Crippen molar-refractivity contribution in [1.82, 2.24) is 4.98 Å². The lowest BCUT2D eigenvalue weighted by molar-refractivity contribution is 0.602. The fraction of sp³-hybridized carbons (Fsp3) is 0.0500. The van der Waals surface area contributed by atoms with Gasteiger partial charge in [-0.3, -0.25) is 9.71 Å². The van der Waals surface area contributed by atoms with Gasteiger partial charge in [-0.1, -0.05) is 54.1 Å². The predicted molar refractivity (Wildman–Crippen MR) is 101 cm³/mol. The van der Waals surface area contributed by atoms with Crippen LogP contribution in [0.4, 0.5) is 5.69 Å². The van der Waals surface area contributed by atoms with Gasteiger partial charge in [-0.15, -0.1) is 0 Å². The second kappa shape index (κ2) is 5.86. The normalized spacial score (nSPS) is 11.7. The van der Waals surface area contributed by atoms with Gasteiger partial charge >= 0.3 is 0 Å². The van der Waals surface area contributed by atoms with Crippen LogP contribution in [-0.2, 0) is 10.0 Å². The lowest BCUT2D eigenvalue weighted by Crippen LogP contribution is -2.14. The number of para-hydroxylation sites is 1. The Kier molecular flexibility index (Phi) is 3.66. The summed E-state index contributed by atoms with van der Waals surface area (Å²) in [7, 11) is -3.75. The monoisotopic (exact) mass is 348 g/mol. The average molecular weight is 348 g/mol. The minimum absolute atomic E-state index is 0.176. The second-order valence-electron chi connectivity index (χ2n) is 5.97. The van der Waals surface area contributed by atoms with E-state index in [0.717, 1.165) is 21.7 Å². The predicted octanol–water partition coefficient (Wildman–Crippen LogP) is 4.50. The first-order chi connectivity index (χ1) is 12.0. The minimum atomic E-state index is -3.75. The summed E-state index contributed by atoms with van der Waals surface area (Å²) in [5, 5.41) is 2.65. The van der Waals surface area contributed by atoms with Gasteiger partial charge in [0.05, 0.1) is 11.2 Å². The van der Waals surface area contributed by atoms with Crippen LogP contribution in [0, 0.1) is 6.92 Å². The van der Waals surface area contributed by atoms with E-state index in [2.05, 4.69) is 9.71 Å². The van der Waals surface area contributed by atoms with Crippen molar-refractivity contribution in [2.24, 2.45) is 0 Å². The van der Waals surface area contributed by atoms with E-state index in [1.165, 1.54) is 0 Å². The van der Waals surface area contributed by atoms with Gasteiger partial charge in [-0.05, 0) is 30.5 Å². The van der Waals surface area contributed by atoms with Gasteiger partial charge in [-0.2, -0.15) is 0 Å². The quantitative estimate of drug-likeness (QED) is 0.593. The lowest BCUT2D eigenvalue weighted by atomic mass is 10.1. The Morgan fingerprint density at radius 3 is 2.52 bits per heavy atom. The highest BCUT2D eigenvalue weighted by atomic mass is 32.2. The molecule has 0 aliphatic carbocycles. The number of rotatable bonds is 3. The first-order valence-corrected chi connectivity index (χ1v) is 9.39. The molecule has 0 radical (unpaired) electrons. The molecule has 0 spiro atoms. The van der Waals surface area contributed by atoms with Crippen LogP contribution in [0.5, 0.6) is 0 Å². The highest BCUT2D eigenvalue weighted by molar-refractivity contribution is 7.93. The van der Waals surface area contributed by atoms with Gasteiger partial charge in [0, 0.05) is 17.0 Å². The summed E-state index contributed by atoms with van der Waals surface area (Å²) in [6, 6.07) is 20.3. The third-order valence-corrected chi connectivity index (χ3v) is 5.56. The molecule has 1 aromatic heterocycles. The summed E-state index contributed by atoms with van der Waals surface area (Å²) in [4.78, 5) is 4.42. The third kappa shape index (κ3) is 2.83. The number of hydrogen-bond acceptors (Lipinski definition) is 3. The van der Waals surface area contributed by atoms with Crippen LogP contribution in [0.3, 0.4) is 0 Å². The fourth-order valence-corrected chi connectivity index (χ4v) is 4.25. The summed E-state index contributed by atoms with van der Waals surface area (Å²) in [6.07, 6.45) is 1.60. The fourth-order valence-electron chi connectivity index (χ4n) is 2.98. The van der Waals surface area contributed by atoms with Gasteiger partial charge < -0.3 is 0 Å². The Labute approximate surface area is 146 Å². The number of pyridine rings is 1. The number of nitrogens with one attached hydrogen (secondary N) is 1. The molecule has 0 aliphatic rings. The molecule has 1 heterocycles. The number of aromatic nitrogens is 1. The van der Waals surface area contributed by atoms with E-state index in [4.69, 9.17) is 0 Å². The van der Waals surface area contributed by atoms with Crippen LogP contribution < -0.4 is 4.72 Å². The lowest BCUT2D eigenvalue weighted by Gasteiger charge is -2.12. The molecule has 0 unspecified atom stereocenters. The molecule has 124 valence electrons. The van der Waals surface area contributed by atoms with E-state index in [0.29, 0.717) is 11.2 Å². The molecule has 25 heavy (non-hydrogen) atoms. The number of benzene rings is 3. The Hall–Kier alpha value is -2.92. The number of aryl methyl sites for hydroxylation is 1. The molecule has 4 aromatic rings. The van der Waals surface area contributed by atoms with E-state index in [9.17, 15) is 8.42 Å². The van der Waals surface area contributed by atoms with Crippen LogP contribution in [0.25, 0.3) is 21.7 Å². The molecular formula is C20H16N2O2S. The maximum Gasteiger partial charge on any atom is 0.264 e. The summed E-state index contributed by atoms with van der Waals surface area (Å²) >= 11 is 0. The van der Waals surface area contributed by atoms with E-state index in [-0.39, 0.29) is 4.90 Å². The van der Waals surface area contributed by atoms with Crippen molar-refractivity contribution >= 4 is 37.4 Å². The van der Waals surface area contributed by atoms with E-state index in [1.807, 2.05) is 49.4 Å². The Bertz CT molecular complexity index is 1200. The summed E-state index contributed by atoms with van der Waals surface area (Å²) < 4.78 is 28.7. The molecule has 0 saturated heterocycles. The summed E-state index contributed by atoms with van der Waals surface area (Å²) in [5.74, 6) is 0. The first-order valence-electron chi connectivity index (χ1n) is 7.90. The minimum Gasteiger partial charge on any atom is -0.279 e. The topological polar surface area (TPSA) is 59.1 Å². The van der Waals surface area contributed by atoms with Crippen molar-refractivity contribution in [2.45, 2.75) is 11.8 Å². The molecule has 0 fully saturated rings. The van der Waals surface area contributed by atoms with E-state index >= 15 is 0 Å². The Balaban J connectivity index is 1.85. The molecule has 3 aromatic carbocycles. The molecule has 0 aliphatic heterocycles. The van der Waals surface area contributed by atoms with Crippen LogP contribution >= 0.6 is 0 Å². The van der Waals surface area contributed by atoms with Crippen molar-refractivity contribution in [2.75, 3.05) is 4.72 Å². The average Bonchev–Trinajstić information content (AvgIpc) is 2.61. The highest BCUT2D eigenvalue weighted by Crippen LogP contribution is 2.28. The van der Waals surface area contributed by atoms with Crippen molar-refractivity contribution in [3.8, 4) is 0 Å². The number of sulfonamides is 1. The van der Waals surface area contributed by atoms with Crippen LogP contribution in [-0.4, -0.2) is 13.4 Å². The molecule has 4 rings (SSSR count). The molecule has 0 saturated carbocycles. The first kappa shape index (κ1) is 15.6. The van der Waals surface area contributed by atoms with Gasteiger partial charge in [0.2, 0.25) is 0 Å². The zero-order chi connectivity index (χ0) is 17.4. The highest BCUT2D eigenvalue weighted by Gasteiger charge is 2.19. The van der Waals surface area contributed by atoms with E-state index < -0.39 is 10.0 Å². The standard InChI is InChI=1S/C20H16N2O2S/c1-14-10-11-17-16(13-14)6-2-8-18(17)22-25(23,24)19-9-3-5-15-7-4-12-21-20(15)19/h2-13,22H,1H3. The number of fused-ring (bicyclic) bond motifs is 2. The number of nitrogens with zero attached hydrogens (tertiary/aromatic N) is 1. The maximum atomic E-state index is 13.0. The summed E-state index contributed by atoms with van der Waals surface area (Å²) in [6.45, 7) is 2.01. The Morgan fingerprint density at radius 2 is 1.64 bits per heavy atom. The molecular weight excluding hydrogens is 332 g/mol. The van der Waals surface area contributed by atoms with Crippen LogP contribution in [0.15, 0.2) is 77.8 Å². The van der Waals surface area contributed by atoms with Crippen LogP contribution in [0.2, 0.25) is 0 Å². The summed E-state index contributed by atoms with van der Waals surface area (Å²) in [5.41, 5.74) is 2.16. The molecule has 0 amide bonds. The Morgan fingerprint density at radius 1 is 0.880 bits per heavy atom. The van der Waals surface area contributed by atoms with Crippen molar-refractivity contribution in [3.05, 3.63) is 78.5 Å². The van der Waals surface area contributed by atoms with E-state index in [1.54, 1.807) is 30.5 Å². The molecule has 5 heteroatoms. The largest absolute Gasteiger partial charge is 0.279 e. The van der Waals surface area contributed by atoms with Gasteiger partial charge in [-0.25, -0.2) is 8.42 Å². The maximum absolute atomic E-state index is 13.0.